The standard InChI is InChI=1S/C11H15NO3/c1-11(14-7-10(6-12)15-11)8-2-4-9(13)5-3-8/h2-5,10,13H,6-7,12H2,1H3. The summed E-state index contributed by atoms with van der Waals surface area (Å²) in [5.74, 6) is -0.506. The highest BCUT2D eigenvalue weighted by atomic mass is 16.7. The molecule has 1 saturated heterocycles. The highest BCUT2D eigenvalue weighted by Crippen LogP contribution is 2.33. The molecular formula is C11H15NO3. The second kappa shape index (κ2) is 3.81. The molecule has 2 atom stereocenters. The van der Waals surface area contributed by atoms with E-state index in [2.05, 4.69) is 0 Å². The third-order valence-electron chi connectivity index (χ3n) is 2.59. The third kappa shape index (κ3) is 1.97. The molecule has 15 heavy (non-hydrogen) atoms. The molecule has 0 saturated carbocycles. The predicted molar refractivity (Wildman–Crippen MR) is 55.3 cm³/mol. The van der Waals surface area contributed by atoms with Crippen molar-refractivity contribution >= 4 is 0 Å². The SMILES string of the molecule is CC1(c2ccc(O)cc2)OCC(CN)O1. The lowest BCUT2D eigenvalue weighted by Crippen LogP contribution is -2.27. The van der Waals surface area contributed by atoms with Crippen molar-refractivity contribution in [3.05, 3.63) is 29.8 Å². The van der Waals surface area contributed by atoms with Gasteiger partial charge in [0.25, 0.3) is 0 Å². The van der Waals surface area contributed by atoms with E-state index in [-0.39, 0.29) is 11.9 Å². The molecule has 1 fully saturated rings. The van der Waals surface area contributed by atoms with Crippen LogP contribution in [-0.2, 0) is 15.3 Å². The van der Waals surface area contributed by atoms with E-state index in [1.54, 1.807) is 24.3 Å². The molecular weight excluding hydrogens is 194 g/mol. The van der Waals surface area contributed by atoms with Crippen molar-refractivity contribution in [2.45, 2.75) is 18.8 Å². The Labute approximate surface area is 88.6 Å². The van der Waals surface area contributed by atoms with E-state index in [0.29, 0.717) is 13.2 Å². The summed E-state index contributed by atoms with van der Waals surface area (Å²) in [6, 6.07) is 6.80. The first-order valence-electron chi connectivity index (χ1n) is 4.95. The highest BCUT2D eigenvalue weighted by Gasteiger charge is 2.38. The first-order valence-corrected chi connectivity index (χ1v) is 4.95. The van der Waals surface area contributed by atoms with Crippen LogP contribution in [-0.4, -0.2) is 24.4 Å². The zero-order valence-corrected chi connectivity index (χ0v) is 8.64. The average molecular weight is 209 g/mol. The first kappa shape index (κ1) is 10.4. The fraction of sp³-hybridized carbons (Fsp3) is 0.455. The molecule has 1 heterocycles. The maximum atomic E-state index is 9.18. The Morgan fingerprint density at radius 2 is 2.13 bits per heavy atom. The van der Waals surface area contributed by atoms with Gasteiger partial charge in [0.05, 0.1) is 12.7 Å². The fourth-order valence-electron chi connectivity index (χ4n) is 1.67. The Balaban J connectivity index is 2.20. The molecule has 0 spiro atoms. The summed E-state index contributed by atoms with van der Waals surface area (Å²) < 4.78 is 11.3. The summed E-state index contributed by atoms with van der Waals surface area (Å²) in [6.07, 6.45) is -0.0520. The van der Waals surface area contributed by atoms with E-state index in [0.717, 1.165) is 5.56 Å². The Bertz CT molecular complexity index is 338. The van der Waals surface area contributed by atoms with E-state index < -0.39 is 5.79 Å². The van der Waals surface area contributed by atoms with Gasteiger partial charge in [-0.25, -0.2) is 0 Å². The van der Waals surface area contributed by atoms with Crippen molar-refractivity contribution in [3.63, 3.8) is 0 Å². The summed E-state index contributed by atoms with van der Waals surface area (Å²) in [6.45, 7) is 2.82. The minimum atomic E-state index is -0.738. The summed E-state index contributed by atoms with van der Waals surface area (Å²) in [7, 11) is 0. The molecule has 0 radical (unpaired) electrons. The van der Waals surface area contributed by atoms with Gasteiger partial charge >= 0.3 is 0 Å². The molecule has 82 valence electrons. The smallest absolute Gasteiger partial charge is 0.192 e. The zero-order chi connectivity index (χ0) is 10.9. The van der Waals surface area contributed by atoms with Crippen LogP contribution < -0.4 is 5.73 Å². The minimum absolute atomic E-state index is 0.0520. The van der Waals surface area contributed by atoms with Crippen molar-refractivity contribution in [3.8, 4) is 5.75 Å². The number of aromatic hydroxyl groups is 1. The molecule has 3 N–H and O–H groups in total. The largest absolute Gasteiger partial charge is 0.508 e. The van der Waals surface area contributed by atoms with Crippen LogP contribution in [0.4, 0.5) is 0 Å². The molecule has 1 aromatic rings. The number of ether oxygens (including phenoxy) is 2. The molecule has 4 heteroatoms. The van der Waals surface area contributed by atoms with Gasteiger partial charge in [0, 0.05) is 12.1 Å². The molecule has 2 unspecified atom stereocenters. The lowest BCUT2D eigenvalue weighted by molar-refractivity contribution is -0.160. The minimum Gasteiger partial charge on any atom is -0.508 e. The van der Waals surface area contributed by atoms with E-state index in [1.165, 1.54) is 0 Å². The van der Waals surface area contributed by atoms with Gasteiger partial charge < -0.3 is 20.3 Å². The normalized spacial score (nSPS) is 30.7. The molecule has 0 aliphatic carbocycles. The Morgan fingerprint density at radius 1 is 1.47 bits per heavy atom. The quantitative estimate of drug-likeness (QED) is 0.760. The first-order chi connectivity index (χ1) is 7.14. The zero-order valence-electron chi connectivity index (χ0n) is 8.64. The van der Waals surface area contributed by atoms with Gasteiger partial charge in [-0.15, -0.1) is 0 Å². The van der Waals surface area contributed by atoms with Crippen LogP contribution in [0, 0.1) is 0 Å². The van der Waals surface area contributed by atoms with E-state index in [9.17, 15) is 5.11 Å². The van der Waals surface area contributed by atoms with Crippen molar-refractivity contribution in [1.29, 1.82) is 0 Å². The number of nitrogens with two attached hydrogens (primary N) is 1. The maximum Gasteiger partial charge on any atom is 0.192 e. The number of rotatable bonds is 2. The van der Waals surface area contributed by atoms with Crippen LogP contribution in [0.1, 0.15) is 12.5 Å². The Morgan fingerprint density at radius 3 is 2.67 bits per heavy atom. The molecule has 1 aliphatic rings. The summed E-state index contributed by atoms with van der Waals surface area (Å²) >= 11 is 0. The van der Waals surface area contributed by atoms with Crippen molar-refractivity contribution < 1.29 is 14.6 Å². The van der Waals surface area contributed by atoms with Crippen LogP contribution in [0.15, 0.2) is 24.3 Å². The van der Waals surface area contributed by atoms with Gasteiger partial charge in [0.15, 0.2) is 5.79 Å². The van der Waals surface area contributed by atoms with Gasteiger partial charge in [-0.05, 0) is 31.2 Å². The Hall–Kier alpha value is -1.10. The van der Waals surface area contributed by atoms with Gasteiger partial charge in [-0.1, -0.05) is 0 Å². The molecule has 0 bridgehead atoms. The van der Waals surface area contributed by atoms with Crippen LogP contribution in [0.5, 0.6) is 5.75 Å². The van der Waals surface area contributed by atoms with E-state index in [1.807, 2.05) is 6.92 Å². The predicted octanol–water partition coefficient (Wildman–Crippen LogP) is 0.939. The number of hydrogen-bond donors (Lipinski definition) is 2. The Kier molecular flexibility index (Phi) is 2.65. The van der Waals surface area contributed by atoms with Crippen molar-refractivity contribution in [1.82, 2.24) is 0 Å². The lowest BCUT2D eigenvalue weighted by atomic mass is 10.1. The molecule has 1 aromatic carbocycles. The fourth-order valence-corrected chi connectivity index (χ4v) is 1.67. The number of benzene rings is 1. The van der Waals surface area contributed by atoms with Gasteiger partial charge in [-0.3, -0.25) is 0 Å². The number of phenolic OH excluding ortho intramolecular Hbond substituents is 1. The molecule has 0 aromatic heterocycles. The van der Waals surface area contributed by atoms with Gasteiger partial charge in [0.1, 0.15) is 5.75 Å². The molecule has 2 rings (SSSR count). The second-order valence-corrected chi connectivity index (χ2v) is 3.78. The van der Waals surface area contributed by atoms with Crippen molar-refractivity contribution in [2.24, 2.45) is 5.73 Å². The number of phenols is 1. The average Bonchev–Trinajstić information content (AvgIpc) is 2.62. The van der Waals surface area contributed by atoms with Gasteiger partial charge in [0.2, 0.25) is 0 Å². The maximum absolute atomic E-state index is 9.18. The number of hydrogen-bond acceptors (Lipinski definition) is 4. The molecule has 4 nitrogen and oxygen atoms in total. The van der Waals surface area contributed by atoms with Crippen LogP contribution >= 0.6 is 0 Å². The summed E-state index contributed by atoms with van der Waals surface area (Å²) in [5, 5.41) is 9.18. The topological polar surface area (TPSA) is 64.7 Å². The molecule has 0 amide bonds. The highest BCUT2D eigenvalue weighted by molar-refractivity contribution is 5.28. The van der Waals surface area contributed by atoms with Crippen LogP contribution in [0.3, 0.4) is 0 Å². The van der Waals surface area contributed by atoms with Crippen LogP contribution in [0.2, 0.25) is 0 Å². The third-order valence-corrected chi connectivity index (χ3v) is 2.59. The van der Waals surface area contributed by atoms with Crippen molar-refractivity contribution in [2.75, 3.05) is 13.2 Å². The monoisotopic (exact) mass is 209 g/mol. The molecule has 1 aliphatic heterocycles. The van der Waals surface area contributed by atoms with Crippen LogP contribution in [0.25, 0.3) is 0 Å². The van der Waals surface area contributed by atoms with E-state index >= 15 is 0 Å². The summed E-state index contributed by atoms with van der Waals surface area (Å²) in [4.78, 5) is 0. The van der Waals surface area contributed by atoms with E-state index in [4.69, 9.17) is 15.2 Å². The van der Waals surface area contributed by atoms with Gasteiger partial charge in [-0.2, -0.15) is 0 Å². The second-order valence-electron chi connectivity index (χ2n) is 3.78. The lowest BCUT2D eigenvalue weighted by Gasteiger charge is -2.23. The summed E-state index contributed by atoms with van der Waals surface area (Å²) in [5.41, 5.74) is 6.40.